The largest absolute Gasteiger partial charge is 0.416 e. The predicted molar refractivity (Wildman–Crippen MR) is 229 cm³/mol. The van der Waals surface area contributed by atoms with Crippen LogP contribution < -0.4 is 26.4 Å². The van der Waals surface area contributed by atoms with E-state index in [4.69, 9.17) is 0 Å². The first-order chi connectivity index (χ1) is 35.1. The van der Waals surface area contributed by atoms with Crippen molar-refractivity contribution in [3.63, 3.8) is 0 Å². The van der Waals surface area contributed by atoms with E-state index < -0.39 is 195 Å². The maximum atomic E-state index is 14.2. The molecule has 0 radical (unpaired) electrons. The Morgan fingerprint density at radius 2 is 0.623 bits per heavy atom. The number of benzene rings is 5. The lowest BCUT2D eigenvalue weighted by Crippen LogP contribution is -2.75. The lowest BCUT2D eigenvalue weighted by Gasteiger charge is -2.46. The number of carbonyl (C=O) groups excluding carboxylic acids is 1. The van der Waals surface area contributed by atoms with Crippen molar-refractivity contribution in [3.8, 4) is 0 Å². The van der Waals surface area contributed by atoms with Crippen LogP contribution in [0.2, 0.25) is 0 Å². The van der Waals surface area contributed by atoms with Crippen LogP contribution in [0.5, 0.6) is 0 Å². The van der Waals surface area contributed by atoms with Gasteiger partial charge in [-0.2, -0.15) is 127 Å². The molecular formula is C50H32BF24NO. The van der Waals surface area contributed by atoms with Crippen molar-refractivity contribution >= 4 is 33.8 Å². The van der Waals surface area contributed by atoms with E-state index in [-0.39, 0.29) is 5.92 Å². The molecule has 6 aromatic rings. The van der Waals surface area contributed by atoms with Crippen molar-refractivity contribution in [2.24, 2.45) is 5.92 Å². The van der Waals surface area contributed by atoms with Crippen molar-refractivity contribution in [2.45, 2.75) is 81.6 Å². The molecule has 0 N–H and O–H groups in total. The maximum Gasteiger partial charge on any atom is 0.416 e. The second-order valence-electron chi connectivity index (χ2n) is 17.8. The van der Waals surface area contributed by atoms with Gasteiger partial charge in [0.05, 0.1) is 44.5 Å². The molecule has 27 heteroatoms. The van der Waals surface area contributed by atoms with E-state index >= 15 is 0 Å². The molecule has 77 heavy (non-hydrogen) atoms. The number of carbonyl (C=O) groups is 1. The minimum Gasteiger partial charge on any atom is -0.294 e. The number of halogens is 24. The smallest absolute Gasteiger partial charge is 0.294 e. The molecule has 414 valence electrons. The van der Waals surface area contributed by atoms with Crippen LogP contribution in [0.4, 0.5) is 105 Å². The van der Waals surface area contributed by atoms with Gasteiger partial charge in [-0.05, 0) is 37.1 Å². The topological polar surface area (TPSA) is 20.9 Å². The first-order valence-corrected chi connectivity index (χ1v) is 22.0. The van der Waals surface area contributed by atoms with Gasteiger partial charge >= 0.3 is 49.4 Å². The molecule has 0 aliphatic heterocycles. The van der Waals surface area contributed by atoms with E-state index in [1.54, 1.807) is 0 Å². The Balaban J connectivity index is 0.000000397. The predicted octanol–water partition coefficient (Wildman–Crippen LogP) is 14.6. The van der Waals surface area contributed by atoms with Gasteiger partial charge < -0.3 is 0 Å². The maximum absolute atomic E-state index is 14.2. The number of hydrogen-bond acceptors (Lipinski definition) is 1. The van der Waals surface area contributed by atoms with Crippen LogP contribution in [-0.2, 0) is 56.0 Å². The molecule has 1 fully saturated rings. The first kappa shape index (κ1) is 59.5. The standard InChI is InChI=1S/C32H12BF24.C18H20NO/c34-25(35,36)13-1-14(26(37,38)39)6-21(5-13)33(22-7-15(27(40,41)42)2-16(8-22)28(43,44)45,23-9-17(29(46,47)48)3-18(10-23)30(49,50)51)24-11-19(31(52,53)54)4-20(12-24)32(55,56)57;20-18(16-8-4-5-9-16)17-10-12-19(13-11-17)14-15-6-2-1-3-7-15/h1-12H;1-3,6-7,10-13,16H,4-5,8-9,14H2/q-1;+1. The van der Waals surface area contributed by atoms with Gasteiger partial charge in [-0.15, -0.1) is 0 Å². The van der Waals surface area contributed by atoms with Crippen molar-refractivity contribution in [2.75, 3.05) is 0 Å². The van der Waals surface area contributed by atoms with Crippen molar-refractivity contribution in [1.82, 2.24) is 0 Å². The van der Waals surface area contributed by atoms with E-state index in [1.165, 1.54) is 18.4 Å². The van der Waals surface area contributed by atoms with Crippen LogP contribution in [0.3, 0.4) is 0 Å². The molecule has 1 aliphatic rings. The lowest BCUT2D eigenvalue weighted by atomic mass is 9.12. The van der Waals surface area contributed by atoms with Gasteiger partial charge in [-0.25, -0.2) is 4.57 Å². The molecule has 0 atom stereocenters. The fraction of sp³-hybridized carbons (Fsp3) is 0.280. The SMILES string of the molecule is FC(F)(F)c1cc([B-](c2cc(C(F)(F)F)cc(C(F)(F)F)c2)(c2cc(C(F)(F)F)cc(C(F)(F)F)c2)c2cc(C(F)(F)F)cc(C(F)(F)F)c2)cc(C(F)(F)F)c1.O=C(c1cc[n+](Cc2ccccc2)cc1)C1CCCC1. The molecule has 0 spiro atoms. The quantitative estimate of drug-likeness (QED) is 0.0644. The Morgan fingerprint density at radius 1 is 0.377 bits per heavy atom. The molecule has 2 nitrogen and oxygen atoms in total. The fourth-order valence-electron chi connectivity index (χ4n) is 9.02. The van der Waals surface area contributed by atoms with Crippen LogP contribution in [0.1, 0.15) is 86.1 Å². The molecule has 1 heterocycles. The summed E-state index contributed by atoms with van der Waals surface area (Å²) < 4.78 is 343. The molecule has 1 saturated carbocycles. The second kappa shape index (κ2) is 20.9. The molecule has 0 amide bonds. The Hall–Kier alpha value is -6.70. The minimum absolute atomic E-state index is 0.264. The summed E-state index contributed by atoms with van der Waals surface area (Å²) in [4.78, 5) is 12.3. The number of ketones is 1. The van der Waals surface area contributed by atoms with Gasteiger partial charge in [0.2, 0.25) is 0 Å². The second-order valence-corrected chi connectivity index (χ2v) is 17.8. The molecule has 0 bridgehead atoms. The fourth-order valence-corrected chi connectivity index (χ4v) is 9.02. The van der Waals surface area contributed by atoms with Gasteiger partial charge in [-0.3, -0.25) is 4.79 Å². The van der Waals surface area contributed by atoms with Crippen molar-refractivity contribution in [3.05, 3.63) is 183 Å². The summed E-state index contributed by atoms with van der Waals surface area (Å²) in [7, 11) is 0. The summed E-state index contributed by atoms with van der Waals surface area (Å²) >= 11 is 0. The van der Waals surface area contributed by atoms with Gasteiger partial charge in [0, 0.05) is 29.2 Å². The zero-order valence-electron chi connectivity index (χ0n) is 38.2. The highest BCUT2D eigenvalue weighted by atomic mass is 19.4. The molecular weight excluding hydrogens is 1100 g/mol. The summed E-state index contributed by atoms with van der Waals surface area (Å²) in [5, 5.41) is 0. The van der Waals surface area contributed by atoms with E-state index in [0.717, 1.165) is 24.9 Å². The summed E-state index contributed by atoms with van der Waals surface area (Å²) in [5.74, 6) is 0.592. The highest BCUT2D eigenvalue weighted by Crippen LogP contribution is 2.41. The Morgan fingerprint density at radius 3 is 0.857 bits per heavy atom. The Labute approximate surface area is 418 Å². The van der Waals surface area contributed by atoms with E-state index in [0.29, 0.717) is 5.78 Å². The summed E-state index contributed by atoms with van der Waals surface area (Å²) in [6.45, 7) is 0.846. The third-order valence-electron chi connectivity index (χ3n) is 12.5. The first-order valence-electron chi connectivity index (χ1n) is 22.0. The normalized spacial score (nSPS) is 14.6. The zero-order chi connectivity index (χ0) is 57.7. The highest BCUT2D eigenvalue weighted by molar-refractivity contribution is 7.20. The van der Waals surface area contributed by atoms with Gasteiger partial charge in [0.15, 0.2) is 24.7 Å². The summed E-state index contributed by atoms with van der Waals surface area (Å²) in [6.07, 6.45) is -46.2. The Kier molecular flexibility index (Phi) is 16.2. The summed E-state index contributed by atoms with van der Waals surface area (Å²) in [5.41, 5.74) is -28.1. The zero-order valence-corrected chi connectivity index (χ0v) is 38.2. The number of hydrogen-bond donors (Lipinski definition) is 0. The average Bonchev–Trinajstić information content (AvgIpc) is 3.86. The number of aromatic nitrogens is 1. The van der Waals surface area contributed by atoms with Crippen LogP contribution in [0.15, 0.2) is 128 Å². The molecule has 7 rings (SSSR count). The molecule has 1 aromatic heterocycles. The van der Waals surface area contributed by atoms with Crippen LogP contribution in [-0.4, -0.2) is 11.9 Å². The third kappa shape index (κ3) is 13.9. The summed E-state index contributed by atoms with van der Waals surface area (Å²) in [6, 6.07) is 5.47. The number of alkyl halides is 24. The van der Waals surface area contributed by atoms with Crippen LogP contribution in [0.25, 0.3) is 0 Å². The average molecular weight is 1130 g/mol. The minimum atomic E-state index is -6.13. The number of rotatable bonds is 8. The molecule has 0 unspecified atom stereocenters. The Bertz CT molecular complexity index is 2630. The molecule has 5 aromatic carbocycles. The van der Waals surface area contributed by atoms with Gasteiger partial charge in [0.25, 0.3) is 0 Å². The molecule has 0 saturated heterocycles. The van der Waals surface area contributed by atoms with E-state index in [1.807, 2.05) is 42.7 Å². The van der Waals surface area contributed by atoms with E-state index in [9.17, 15) is 110 Å². The number of pyridine rings is 1. The number of nitrogens with zero attached hydrogens (tertiary/aromatic N) is 1. The van der Waals surface area contributed by atoms with Gasteiger partial charge in [0.1, 0.15) is 6.15 Å². The van der Waals surface area contributed by atoms with Crippen LogP contribution >= 0.6 is 0 Å². The highest BCUT2D eigenvalue weighted by Gasteiger charge is 2.47. The molecule has 1 aliphatic carbocycles. The van der Waals surface area contributed by atoms with Crippen LogP contribution in [0, 0.1) is 5.92 Å². The van der Waals surface area contributed by atoms with Crippen molar-refractivity contribution < 1.29 is 115 Å². The van der Waals surface area contributed by atoms with Gasteiger partial charge in [-0.1, -0.05) is 91.7 Å². The third-order valence-corrected chi connectivity index (χ3v) is 12.5. The number of Topliss-reactive ketones (excluding diaryl/α,β-unsaturated/α-hetero) is 1. The van der Waals surface area contributed by atoms with Crippen molar-refractivity contribution in [1.29, 1.82) is 0 Å². The monoisotopic (exact) mass is 1130 g/mol. The van der Waals surface area contributed by atoms with E-state index in [2.05, 4.69) is 16.7 Å². The lowest BCUT2D eigenvalue weighted by molar-refractivity contribution is -0.688.